The number of carbonyl (C=O) groups excluding carboxylic acids is 2. The first-order valence-corrected chi connectivity index (χ1v) is 9.80. The second kappa shape index (κ2) is 8.47. The Morgan fingerprint density at radius 3 is 2.52 bits per heavy atom. The fourth-order valence-electron chi connectivity index (χ4n) is 3.78. The molecule has 31 heavy (non-hydrogen) atoms. The molecule has 1 N–H and O–H groups in total. The van der Waals surface area contributed by atoms with Gasteiger partial charge in [-0.1, -0.05) is 0 Å². The number of aromatic nitrogens is 3. The third-order valence-electron chi connectivity index (χ3n) is 5.35. The molecule has 1 atom stereocenters. The van der Waals surface area contributed by atoms with E-state index >= 15 is 0 Å². The summed E-state index contributed by atoms with van der Waals surface area (Å²) in [6.07, 6.45) is 5.37. The lowest BCUT2D eigenvalue weighted by Crippen LogP contribution is -2.41. The predicted octanol–water partition coefficient (Wildman–Crippen LogP) is 2.35. The molecular weight excluding hydrogens is 398 g/mol. The van der Waals surface area contributed by atoms with E-state index in [1.807, 2.05) is 0 Å². The highest BCUT2D eigenvalue weighted by molar-refractivity contribution is 6.07. The molecule has 1 aliphatic rings. The van der Waals surface area contributed by atoms with Crippen molar-refractivity contribution in [3.05, 3.63) is 65.7 Å². The van der Waals surface area contributed by atoms with E-state index in [2.05, 4.69) is 15.4 Å². The fourth-order valence-corrected chi connectivity index (χ4v) is 3.78. The first-order valence-electron chi connectivity index (χ1n) is 9.80. The van der Waals surface area contributed by atoms with Gasteiger partial charge < -0.3 is 19.7 Å². The summed E-state index contributed by atoms with van der Waals surface area (Å²) >= 11 is 0. The van der Waals surface area contributed by atoms with E-state index in [4.69, 9.17) is 9.47 Å². The van der Waals surface area contributed by atoms with Crippen molar-refractivity contribution in [2.75, 3.05) is 25.7 Å². The van der Waals surface area contributed by atoms with Crippen LogP contribution in [0.25, 0.3) is 0 Å². The van der Waals surface area contributed by atoms with Crippen LogP contribution in [-0.2, 0) is 7.05 Å². The molecule has 0 saturated heterocycles. The third kappa shape index (κ3) is 3.81. The van der Waals surface area contributed by atoms with Crippen LogP contribution in [0.5, 0.6) is 11.5 Å². The van der Waals surface area contributed by atoms with Crippen molar-refractivity contribution in [2.24, 2.45) is 7.05 Å². The Morgan fingerprint density at radius 2 is 1.81 bits per heavy atom. The summed E-state index contributed by atoms with van der Waals surface area (Å²) in [5.41, 5.74) is 2.46. The Morgan fingerprint density at radius 1 is 1.06 bits per heavy atom. The normalized spacial score (nSPS) is 15.2. The zero-order valence-electron chi connectivity index (χ0n) is 17.5. The first kappa shape index (κ1) is 20.4. The molecule has 2 aromatic heterocycles. The molecule has 0 aliphatic carbocycles. The Bertz CT molecular complexity index is 1110. The summed E-state index contributed by atoms with van der Waals surface area (Å²) < 4.78 is 12.3. The summed E-state index contributed by atoms with van der Waals surface area (Å²) in [7, 11) is 4.88. The van der Waals surface area contributed by atoms with Gasteiger partial charge in [-0.15, -0.1) is 0 Å². The molecule has 9 nitrogen and oxygen atoms in total. The number of benzene rings is 1. The number of anilines is 1. The largest absolute Gasteiger partial charge is 0.493 e. The zero-order valence-corrected chi connectivity index (χ0v) is 17.5. The topological polar surface area (TPSA) is 98.6 Å². The van der Waals surface area contributed by atoms with Crippen LogP contribution >= 0.6 is 0 Å². The van der Waals surface area contributed by atoms with E-state index < -0.39 is 0 Å². The summed E-state index contributed by atoms with van der Waals surface area (Å²) in [6, 6.07) is 8.13. The minimum Gasteiger partial charge on any atom is -0.493 e. The van der Waals surface area contributed by atoms with Crippen molar-refractivity contribution in [3.63, 3.8) is 0 Å². The molecule has 0 fully saturated rings. The van der Waals surface area contributed by atoms with Crippen molar-refractivity contribution < 1.29 is 19.1 Å². The molecule has 4 rings (SSSR count). The number of hydrogen-bond acceptors (Lipinski definition) is 6. The maximum Gasteiger partial charge on any atom is 0.258 e. The van der Waals surface area contributed by atoms with Crippen LogP contribution in [0.3, 0.4) is 0 Å². The van der Waals surface area contributed by atoms with Crippen LogP contribution in [0.2, 0.25) is 0 Å². The SMILES string of the molecule is COc1ccc(C(=O)N2CCC(NC(=O)c3ccncc3)c3c2cnn3C)cc1OC. The van der Waals surface area contributed by atoms with Crippen molar-refractivity contribution in [2.45, 2.75) is 12.5 Å². The summed E-state index contributed by atoms with van der Waals surface area (Å²) in [4.78, 5) is 31.6. The smallest absolute Gasteiger partial charge is 0.258 e. The van der Waals surface area contributed by atoms with Gasteiger partial charge in [0.1, 0.15) is 0 Å². The molecule has 0 spiro atoms. The van der Waals surface area contributed by atoms with Crippen molar-refractivity contribution in [1.82, 2.24) is 20.1 Å². The van der Waals surface area contributed by atoms with Gasteiger partial charge in [-0.2, -0.15) is 5.10 Å². The van der Waals surface area contributed by atoms with Crippen LogP contribution in [0.15, 0.2) is 48.9 Å². The summed E-state index contributed by atoms with van der Waals surface area (Å²) in [5, 5.41) is 7.38. The molecule has 1 unspecified atom stereocenters. The Labute approximate surface area is 179 Å². The van der Waals surface area contributed by atoms with E-state index in [9.17, 15) is 9.59 Å². The zero-order chi connectivity index (χ0) is 22.0. The van der Waals surface area contributed by atoms with Gasteiger partial charge in [0.05, 0.1) is 37.8 Å². The van der Waals surface area contributed by atoms with E-state index in [0.29, 0.717) is 41.3 Å². The molecule has 0 radical (unpaired) electrons. The average molecular weight is 421 g/mol. The molecule has 1 aromatic carbocycles. The number of pyridine rings is 1. The second-order valence-electron chi connectivity index (χ2n) is 7.12. The van der Waals surface area contributed by atoms with Gasteiger partial charge in [-0.3, -0.25) is 19.3 Å². The first-order chi connectivity index (χ1) is 15.0. The van der Waals surface area contributed by atoms with Crippen LogP contribution < -0.4 is 19.7 Å². The van der Waals surface area contributed by atoms with E-state index in [1.165, 1.54) is 7.11 Å². The summed E-state index contributed by atoms with van der Waals surface area (Å²) in [6.45, 7) is 0.438. The fraction of sp³-hybridized carbons (Fsp3) is 0.273. The molecule has 2 amide bonds. The van der Waals surface area contributed by atoms with Gasteiger partial charge in [-0.25, -0.2) is 0 Å². The highest BCUT2D eigenvalue weighted by Gasteiger charge is 2.33. The third-order valence-corrected chi connectivity index (χ3v) is 5.35. The lowest BCUT2D eigenvalue weighted by atomic mass is 10.0. The minimum atomic E-state index is -0.266. The Kier molecular flexibility index (Phi) is 5.57. The van der Waals surface area contributed by atoms with Crippen LogP contribution in [0.4, 0.5) is 5.69 Å². The average Bonchev–Trinajstić information content (AvgIpc) is 3.21. The lowest BCUT2D eigenvalue weighted by Gasteiger charge is -2.32. The Hall–Kier alpha value is -3.88. The number of hydrogen-bond donors (Lipinski definition) is 1. The number of nitrogens with one attached hydrogen (secondary N) is 1. The number of fused-ring (bicyclic) bond motifs is 1. The van der Waals surface area contributed by atoms with Crippen molar-refractivity contribution in [1.29, 1.82) is 0 Å². The van der Waals surface area contributed by atoms with Crippen LogP contribution in [0, 0.1) is 0 Å². The van der Waals surface area contributed by atoms with Gasteiger partial charge in [-0.05, 0) is 36.8 Å². The molecule has 160 valence electrons. The number of rotatable bonds is 5. The molecule has 0 bridgehead atoms. The van der Waals surface area contributed by atoms with E-state index in [0.717, 1.165) is 5.69 Å². The molecule has 1 aliphatic heterocycles. The highest BCUT2D eigenvalue weighted by Crippen LogP contribution is 2.35. The van der Waals surface area contributed by atoms with Gasteiger partial charge in [0.2, 0.25) is 0 Å². The number of amides is 2. The maximum atomic E-state index is 13.3. The lowest BCUT2D eigenvalue weighted by molar-refractivity contribution is 0.0931. The Balaban J connectivity index is 1.60. The van der Waals surface area contributed by atoms with Crippen LogP contribution in [-0.4, -0.2) is 47.3 Å². The van der Waals surface area contributed by atoms with Gasteiger partial charge in [0.25, 0.3) is 11.8 Å². The predicted molar refractivity (Wildman–Crippen MR) is 113 cm³/mol. The number of aryl methyl sites for hydroxylation is 1. The molecule has 0 saturated carbocycles. The second-order valence-corrected chi connectivity index (χ2v) is 7.12. The van der Waals surface area contributed by atoms with Gasteiger partial charge in [0.15, 0.2) is 11.5 Å². The standard InChI is InChI=1S/C22H23N5O4/c1-26-20-16(25-21(28)14-6-9-23-10-7-14)8-11-27(17(20)13-24-26)22(29)15-4-5-18(30-2)19(12-15)31-3/h4-7,9-10,12-13,16H,8,11H2,1-3H3,(H,25,28). The molecular formula is C22H23N5O4. The van der Waals surface area contributed by atoms with E-state index in [-0.39, 0.29) is 17.9 Å². The number of nitrogens with zero attached hydrogens (tertiary/aromatic N) is 4. The van der Waals surface area contributed by atoms with Gasteiger partial charge in [0, 0.05) is 37.1 Å². The quantitative estimate of drug-likeness (QED) is 0.679. The van der Waals surface area contributed by atoms with Crippen molar-refractivity contribution >= 4 is 17.5 Å². The maximum absolute atomic E-state index is 13.3. The van der Waals surface area contributed by atoms with E-state index in [1.54, 1.807) is 72.7 Å². The monoisotopic (exact) mass is 421 g/mol. The number of ether oxygens (including phenoxy) is 2. The van der Waals surface area contributed by atoms with Crippen molar-refractivity contribution in [3.8, 4) is 11.5 Å². The molecule has 3 heterocycles. The van der Waals surface area contributed by atoms with Crippen LogP contribution in [0.1, 0.15) is 38.9 Å². The number of methoxy groups -OCH3 is 2. The summed E-state index contributed by atoms with van der Waals surface area (Å²) in [5.74, 6) is 0.672. The van der Waals surface area contributed by atoms with Gasteiger partial charge >= 0.3 is 0 Å². The minimum absolute atomic E-state index is 0.172. The number of carbonyl (C=O) groups is 2. The highest BCUT2D eigenvalue weighted by atomic mass is 16.5. The molecule has 9 heteroatoms. The molecule has 3 aromatic rings.